The monoisotopic (exact) mass is 700 g/mol. The number of carbonyl (C=O) groups excluding carboxylic acids is 1. The molecule has 0 aromatic rings. The predicted molar refractivity (Wildman–Crippen MR) is 203 cm³/mol. The van der Waals surface area contributed by atoms with E-state index in [1.807, 2.05) is 27.2 Å². The second-order valence-corrected chi connectivity index (χ2v) is 15.7. The number of aliphatic hydroxyl groups is 1. The fraction of sp³-hybridized carbons (Fsp3) is 0.821. The molecule has 0 saturated heterocycles. The third-order valence-corrected chi connectivity index (χ3v) is 9.32. The van der Waals surface area contributed by atoms with Gasteiger partial charge in [-0.05, 0) is 51.4 Å². The van der Waals surface area contributed by atoms with Gasteiger partial charge < -0.3 is 19.8 Å². The largest absolute Gasteiger partial charge is 0.472 e. The van der Waals surface area contributed by atoms with Crippen LogP contribution in [0.1, 0.15) is 155 Å². The number of phosphoric ester groups is 1. The van der Waals surface area contributed by atoms with E-state index in [0.29, 0.717) is 17.4 Å². The minimum Gasteiger partial charge on any atom is -0.387 e. The number of allylic oxidation sites excluding steroid dienone is 5. The van der Waals surface area contributed by atoms with Gasteiger partial charge in [-0.1, -0.05) is 134 Å². The zero-order chi connectivity index (χ0) is 35.8. The van der Waals surface area contributed by atoms with Gasteiger partial charge in [-0.25, -0.2) is 4.57 Å². The number of quaternary nitrogens is 1. The van der Waals surface area contributed by atoms with Gasteiger partial charge in [-0.15, -0.1) is 0 Å². The summed E-state index contributed by atoms with van der Waals surface area (Å²) in [6.07, 6.45) is 36.4. The van der Waals surface area contributed by atoms with E-state index in [9.17, 15) is 19.4 Å². The summed E-state index contributed by atoms with van der Waals surface area (Å²) in [6, 6.07) is -0.863. The highest BCUT2D eigenvalue weighted by molar-refractivity contribution is 7.47. The Bertz CT molecular complexity index is 886. The molecule has 0 bridgehead atoms. The van der Waals surface area contributed by atoms with Gasteiger partial charge >= 0.3 is 7.82 Å². The van der Waals surface area contributed by atoms with Crippen LogP contribution in [0.3, 0.4) is 0 Å². The number of phosphoric acid groups is 1. The Hall–Kier alpha value is -1.28. The average Bonchev–Trinajstić information content (AvgIpc) is 3.02. The van der Waals surface area contributed by atoms with Gasteiger partial charge in [0.2, 0.25) is 5.91 Å². The molecule has 3 atom stereocenters. The molecule has 0 fully saturated rings. The smallest absolute Gasteiger partial charge is 0.387 e. The van der Waals surface area contributed by atoms with E-state index < -0.39 is 20.0 Å². The van der Waals surface area contributed by atoms with Gasteiger partial charge in [0, 0.05) is 6.42 Å². The van der Waals surface area contributed by atoms with Crippen LogP contribution in [0.15, 0.2) is 36.5 Å². The summed E-state index contributed by atoms with van der Waals surface area (Å²) < 4.78 is 23.4. The van der Waals surface area contributed by atoms with Gasteiger partial charge in [0.1, 0.15) is 13.2 Å². The molecule has 0 aliphatic heterocycles. The maximum atomic E-state index is 12.8. The Morgan fingerprint density at radius 3 is 1.73 bits per heavy atom. The zero-order valence-electron chi connectivity index (χ0n) is 31.7. The maximum Gasteiger partial charge on any atom is 0.472 e. The first kappa shape index (κ1) is 46.7. The summed E-state index contributed by atoms with van der Waals surface area (Å²) in [7, 11) is 1.54. The molecule has 48 heavy (non-hydrogen) atoms. The molecule has 0 radical (unpaired) electrons. The number of likely N-dealkylation sites (N-methyl/N-ethyl adjacent to an activating group) is 1. The van der Waals surface area contributed by atoms with Crippen molar-refractivity contribution in [3.05, 3.63) is 36.5 Å². The second kappa shape index (κ2) is 31.7. The molecule has 282 valence electrons. The van der Waals surface area contributed by atoms with Crippen LogP contribution in [-0.2, 0) is 18.4 Å². The topological polar surface area (TPSA) is 105 Å². The number of rotatable bonds is 34. The van der Waals surface area contributed by atoms with Crippen molar-refractivity contribution < 1.29 is 32.9 Å². The Kier molecular flexibility index (Phi) is 30.8. The lowest BCUT2D eigenvalue weighted by Gasteiger charge is -2.25. The number of nitrogens with one attached hydrogen (secondary N) is 1. The Labute approximate surface area is 296 Å². The lowest BCUT2D eigenvalue weighted by atomic mass is 10.1. The van der Waals surface area contributed by atoms with Crippen molar-refractivity contribution >= 4 is 13.7 Å². The molecule has 3 unspecified atom stereocenters. The zero-order valence-corrected chi connectivity index (χ0v) is 32.6. The van der Waals surface area contributed by atoms with Crippen LogP contribution in [0.25, 0.3) is 0 Å². The summed E-state index contributed by atoms with van der Waals surface area (Å²) in [4.78, 5) is 22.9. The highest BCUT2D eigenvalue weighted by atomic mass is 31.2. The van der Waals surface area contributed by atoms with E-state index in [2.05, 4.69) is 43.5 Å². The van der Waals surface area contributed by atoms with Crippen molar-refractivity contribution in [2.24, 2.45) is 0 Å². The Balaban J connectivity index is 4.60. The first-order valence-corrected chi connectivity index (χ1v) is 20.9. The molecule has 8 nitrogen and oxygen atoms in total. The van der Waals surface area contributed by atoms with Crippen LogP contribution in [0.2, 0.25) is 0 Å². The van der Waals surface area contributed by atoms with Crippen LogP contribution in [0, 0.1) is 0 Å². The molecule has 0 heterocycles. The number of amides is 1. The maximum absolute atomic E-state index is 12.8. The van der Waals surface area contributed by atoms with Crippen molar-refractivity contribution in [3.63, 3.8) is 0 Å². The van der Waals surface area contributed by atoms with Crippen molar-refractivity contribution in [2.75, 3.05) is 40.9 Å². The summed E-state index contributed by atoms with van der Waals surface area (Å²) in [5.74, 6) is -0.201. The quantitative estimate of drug-likeness (QED) is 0.0267. The highest BCUT2D eigenvalue weighted by Crippen LogP contribution is 2.43. The molecule has 9 heteroatoms. The lowest BCUT2D eigenvalue weighted by Crippen LogP contribution is -2.45. The number of nitrogens with zero attached hydrogens (tertiary/aromatic N) is 1. The molecule has 0 aromatic carbocycles. The molecule has 0 aromatic heterocycles. The summed E-state index contributed by atoms with van der Waals surface area (Å²) in [6.45, 7) is 4.71. The van der Waals surface area contributed by atoms with E-state index in [0.717, 1.165) is 51.4 Å². The summed E-state index contributed by atoms with van der Waals surface area (Å²) in [5, 5.41) is 13.7. The Morgan fingerprint density at radius 1 is 0.688 bits per heavy atom. The van der Waals surface area contributed by atoms with Crippen molar-refractivity contribution in [1.82, 2.24) is 5.32 Å². The summed E-state index contributed by atoms with van der Waals surface area (Å²) in [5.41, 5.74) is 0. The molecule has 1 amide bonds. The van der Waals surface area contributed by atoms with E-state index in [1.54, 1.807) is 6.08 Å². The number of carbonyl (C=O) groups is 1. The normalized spacial score (nSPS) is 15.1. The second-order valence-electron chi connectivity index (χ2n) is 14.3. The van der Waals surface area contributed by atoms with E-state index in [4.69, 9.17) is 9.05 Å². The lowest BCUT2D eigenvalue weighted by molar-refractivity contribution is -0.870. The van der Waals surface area contributed by atoms with Crippen molar-refractivity contribution in [3.8, 4) is 0 Å². The van der Waals surface area contributed by atoms with Gasteiger partial charge in [0.05, 0.1) is 39.9 Å². The molecule has 0 rings (SSSR count). The molecule has 0 aliphatic carbocycles. The number of aliphatic hydroxyl groups excluding tert-OH is 1. The van der Waals surface area contributed by atoms with E-state index >= 15 is 0 Å². The predicted octanol–water partition coefficient (Wildman–Crippen LogP) is 9.96. The molecule has 3 N–H and O–H groups in total. The van der Waals surface area contributed by atoms with Crippen LogP contribution < -0.4 is 5.32 Å². The van der Waals surface area contributed by atoms with E-state index in [-0.39, 0.29) is 19.1 Å². The van der Waals surface area contributed by atoms with Crippen LogP contribution in [0.4, 0.5) is 0 Å². The third-order valence-electron chi connectivity index (χ3n) is 8.33. The molecule has 0 spiro atoms. The van der Waals surface area contributed by atoms with Crippen LogP contribution in [0.5, 0.6) is 0 Å². The standard InChI is InChI=1S/C39H75N2O6P/c1-6-8-10-12-14-16-18-19-20-21-23-24-26-28-30-32-38(42)37(36-47-48(44,45)46-35-34-41(3,4)5)40-39(43)33-31-29-27-25-22-17-15-13-11-9-7-2/h13,15,23-24,30,32,37-38,42H,6-12,14,16-22,25-29,31,33-36H2,1-5H3,(H-,40,43,44,45)/p+1/b15-13-,24-23+,32-30+. The number of unbranched alkanes of at least 4 members (excludes halogenated alkanes) is 17. The minimum atomic E-state index is -4.34. The fourth-order valence-electron chi connectivity index (χ4n) is 5.15. The average molecular weight is 700 g/mol. The van der Waals surface area contributed by atoms with Crippen molar-refractivity contribution in [2.45, 2.75) is 167 Å². The minimum absolute atomic E-state index is 0.0541. The molecular formula is C39H76N2O6P+. The molecule has 0 saturated carbocycles. The Morgan fingerprint density at radius 2 is 1.17 bits per heavy atom. The highest BCUT2D eigenvalue weighted by Gasteiger charge is 2.27. The van der Waals surface area contributed by atoms with Crippen LogP contribution >= 0.6 is 7.82 Å². The van der Waals surface area contributed by atoms with Gasteiger partial charge in [-0.3, -0.25) is 13.8 Å². The van der Waals surface area contributed by atoms with Gasteiger partial charge in [0.15, 0.2) is 0 Å². The van der Waals surface area contributed by atoms with Crippen molar-refractivity contribution in [1.29, 1.82) is 0 Å². The first-order valence-electron chi connectivity index (χ1n) is 19.4. The van der Waals surface area contributed by atoms with Crippen LogP contribution in [-0.4, -0.2) is 73.4 Å². The molecular weight excluding hydrogens is 623 g/mol. The van der Waals surface area contributed by atoms with Gasteiger partial charge in [0.25, 0.3) is 0 Å². The SMILES string of the molecule is CCCC/C=C\CCCCCCCC(=O)NC(COP(=O)(O)OCC[N+](C)(C)C)C(O)/C=C/CC/C=C/CCCCCCCCCCC. The van der Waals surface area contributed by atoms with E-state index in [1.165, 1.54) is 83.5 Å². The fourth-order valence-corrected chi connectivity index (χ4v) is 5.89. The summed E-state index contributed by atoms with van der Waals surface area (Å²) >= 11 is 0. The third kappa shape index (κ3) is 33.2. The van der Waals surface area contributed by atoms with Gasteiger partial charge in [-0.2, -0.15) is 0 Å². The number of hydrogen-bond donors (Lipinski definition) is 3. The number of hydrogen-bond acceptors (Lipinski definition) is 5. The first-order chi connectivity index (χ1) is 23.0. The molecule has 0 aliphatic rings.